The first-order valence-electron chi connectivity index (χ1n) is 9.87. The number of nitro groups is 2. The van der Waals surface area contributed by atoms with Gasteiger partial charge in [-0.15, -0.1) is 0 Å². The summed E-state index contributed by atoms with van der Waals surface area (Å²) in [6, 6.07) is 10.9. The van der Waals surface area contributed by atoms with Crippen LogP contribution >= 0.6 is 0 Å². The first-order valence-corrected chi connectivity index (χ1v) is 9.87. The standard InChI is InChI=1S/C20H22N4O8/c21-15-9-29-19(31-17(15)11-1-5-13(6-2-11)23(25)26)20-30-10-16(22)18(32-20)12-3-7-14(8-4-12)24(27)28/h1-8,15-20H,9-10,21-22H2/t15-,16-,17-,18-,19+,20+/m0/s1. The largest absolute Gasteiger partial charge is 0.346 e. The number of rotatable bonds is 5. The third-order valence-electron chi connectivity index (χ3n) is 5.33. The first kappa shape index (κ1) is 22.2. The Kier molecular flexibility index (Phi) is 6.41. The van der Waals surface area contributed by atoms with Gasteiger partial charge in [-0.05, 0) is 35.4 Å². The van der Waals surface area contributed by atoms with E-state index in [9.17, 15) is 20.2 Å². The van der Waals surface area contributed by atoms with Gasteiger partial charge in [0.2, 0.25) is 12.6 Å². The van der Waals surface area contributed by atoms with Crippen molar-refractivity contribution < 1.29 is 28.8 Å². The van der Waals surface area contributed by atoms with E-state index in [1.807, 2.05) is 0 Å². The van der Waals surface area contributed by atoms with Gasteiger partial charge in [0.25, 0.3) is 11.4 Å². The van der Waals surface area contributed by atoms with Crippen molar-refractivity contribution in [3.05, 3.63) is 79.9 Å². The van der Waals surface area contributed by atoms with Gasteiger partial charge in [-0.25, -0.2) is 0 Å². The van der Waals surface area contributed by atoms with Crippen LogP contribution in [0.5, 0.6) is 0 Å². The second-order valence-corrected chi connectivity index (χ2v) is 7.54. The van der Waals surface area contributed by atoms with Gasteiger partial charge >= 0.3 is 0 Å². The summed E-state index contributed by atoms with van der Waals surface area (Å²) < 4.78 is 23.4. The van der Waals surface area contributed by atoms with Crippen LogP contribution < -0.4 is 11.5 Å². The third kappa shape index (κ3) is 4.60. The van der Waals surface area contributed by atoms with Crippen LogP contribution in [0, 0.1) is 20.2 Å². The Morgan fingerprint density at radius 3 is 1.34 bits per heavy atom. The molecule has 0 amide bonds. The minimum Gasteiger partial charge on any atom is -0.346 e. The predicted molar refractivity (Wildman–Crippen MR) is 109 cm³/mol. The molecule has 2 saturated heterocycles. The van der Waals surface area contributed by atoms with E-state index in [2.05, 4.69) is 0 Å². The second-order valence-electron chi connectivity index (χ2n) is 7.54. The zero-order chi connectivity index (χ0) is 22.8. The molecule has 170 valence electrons. The highest BCUT2D eigenvalue weighted by atomic mass is 16.8. The van der Waals surface area contributed by atoms with Gasteiger partial charge < -0.3 is 30.4 Å². The van der Waals surface area contributed by atoms with Crippen LogP contribution in [0.1, 0.15) is 23.3 Å². The Balaban J connectivity index is 1.47. The molecular formula is C20H22N4O8. The molecule has 12 heteroatoms. The zero-order valence-electron chi connectivity index (χ0n) is 16.8. The molecule has 2 heterocycles. The van der Waals surface area contributed by atoms with Gasteiger partial charge in [0.15, 0.2) is 0 Å². The molecule has 4 rings (SSSR count). The lowest BCUT2D eigenvalue weighted by molar-refractivity contribution is -0.385. The molecule has 0 bridgehead atoms. The number of nitrogens with two attached hydrogens (primary N) is 2. The van der Waals surface area contributed by atoms with E-state index >= 15 is 0 Å². The van der Waals surface area contributed by atoms with Gasteiger partial charge in [-0.2, -0.15) is 0 Å². The summed E-state index contributed by atoms with van der Waals surface area (Å²) in [7, 11) is 0. The van der Waals surface area contributed by atoms with Gasteiger partial charge in [-0.3, -0.25) is 20.2 Å². The number of hydrogen-bond acceptors (Lipinski definition) is 10. The van der Waals surface area contributed by atoms with Crippen molar-refractivity contribution in [2.75, 3.05) is 13.2 Å². The first-order chi connectivity index (χ1) is 15.3. The Bertz CT molecular complexity index is 891. The maximum Gasteiger partial charge on any atom is 0.269 e. The molecular weight excluding hydrogens is 424 g/mol. The van der Waals surface area contributed by atoms with E-state index in [1.54, 1.807) is 24.3 Å². The molecule has 12 nitrogen and oxygen atoms in total. The molecule has 0 radical (unpaired) electrons. The van der Waals surface area contributed by atoms with Crippen molar-refractivity contribution in [2.45, 2.75) is 36.9 Å². The van der Waals surface area contributed by atoms with Crippen molar-refractivity contribution >= 4 is 11.4 Å². The molecule has 0 unspecified atom stereocenters. The molecule has 4 N–H and O–H groups in total. The molecule has 2 aliphatic rings. The molecule has 6 atom stereocenters. The molecule has 0 saturated carbocycles. The molecule has 2 aromatic carbocycles. The normalized spacial score (nSPS) is 30.6. The van der Waals surface area contributed by atoms with Crippen molar-refractivity contribution in [1.29, 1.82) is 0 Å². The summed E-state index contributed by atoms with van der Waals surface area (Å²) in [5.74, 6) is 0. The van der Waals surface area contributed by atoms with Crippen LogP contribution in [0.25, 0.3) is 0 Å². The van der Waals surface area contributed by atoms with Gasteiger partial charge in [0.05, 0.1) is 35.1 Å². The summed E-state index contributed by atoms with van der Waals surface area (Å²) in [5, 5.41) is 21.8. The monoisotopic (exact) mass is 446 g/mol. The molecule has 2 fully saturated rings. The number of nitrogens with zero attached hydrogens (tertiary/aromatic N) is 2. The van der Waals surface area contributed by atoms with Crippen molar-refractivity contribution in [3.8, 4) is 0 Å². The SMILES string of the molecule is N[C@H]1CO[C@@H]([C@@H]2OC[C@H](N)[C@H](c3ccc([N+](=O)[O-])cc3)O2)O[C@H]1c1ccc([N+](=O)[O-])cc1. The van der Waals surface area contributed by atoms with Crippen LogP contribution in [-0.2, 0) is 18.9 Å². The van der Waals surface area contributed by atoms with Crippen LogP contribution in [0.4, 0.5) is 11.4 Å². The Morgan fingerprint density at radius 2 is 1.03 bits per heavy atom. The third-order valence-corrected chi connectivity index (χ3v) is 5.33. The fourth-order valence-electron chi connectivity index (χ4n) is 3.66. The average Bonchev–Trinajstić information content (AvgIpc) is 2.80. The maximum absolute atomic E-state index is 10.9. The van der Waals surface area contributed by atoms with Gasteiger partial charge in [-0.1, -0.05) is 0 Å². The smallest absolute Gasteiger partial charge is 0.269 e. The summed E-state index contributed by atoms with van der Waals surface area (Å²) >= 11 is 0. The summed E-state index contributed by atoms with van der Waals surface area (Å²) in [4.78, 5) is 20.8. The Labute approximate surface area is 182 Å². The van der Waals surface area contributed by atoms with E-state index in [0.717, 1.165) is 0 Å². The summed E-state index contributed by atoms with van der Waals surface area (Å²) in [5.41, 5.74) is 13.5. The number of ether oxygens (including phenoxy) is 4. The number of non-ortho nitro benzene ring substituents is 2. The molecule has 2 aliphatic heterocycles. The molecule has 32 heavy (non-hydrogen) atoms. The molecule has 0 aliphatic carbocycles. The van der Waals surface area contributed by atoms with Crippen LogP contribution in [-0.4, -0.2) is 47.7 Å². The highest BCUT2D eigenvalue weighted by Crippen LogP contribution is 2.34. The maximum atomic E-state index is 10.9. The Morgan fingerprint density at radius 1 is 0.688 bits per heavy atom. The minimum absolute atomic E-state index is 0.0372. The number of hydrogen-bond donors (Lipinski definition) is 2. The number of nitro benzene ring substituents is 2. The van der Waals surface area contributed by atoms with E-state index in [4.69, 9.17) is 30.4 Å². The van der Waals surface area contributed by atoms with E-state index in [-0.39, 0.29) is 24.6 Å². The summed E-state index contributed by atoms with van der Waals surface area (Å²) in [6.45, 7) is 0.313. The summed E-state index contributed by atoms with van der Waals surface area (Å²) in [6.07, 6.45) is -3.00. The fourth-order valence-corrected chi connectivity index (χ4v) is 3.66. The van der Waals surface area contributed by atoms with Gasteiger partial charge in [0.1, 0.15) is 12.2 Å². The van der Waals surface area contributed by atoms with E-state index < -0.39 is 46.7 Å². The quantitative estimate of drug-likeness (QED) is 0.507. The van der Waals surface area contributed by atoms with Gasteiger partial charge in [0, 0.05) is 24.3 Å². The second kappa shape index (κ2) is 9.24. The topological polar surface area (TPSA) is 175 Å². The predicted octanol–water partition coefficient (Wildman–Crippen LogP) is 1.69. The zero-order valence-corrected chi connectivity index (χ0v) is 16.8. The fraction of sp³-hybridized carbons (Fsp3) is 0.400. The minimum atomic E-state index is -0.914. The molecule has 2 aromatic rings. The van der Waals surface area contributed by atoms with Crippen molar-refractivity contribution in [3.63, 3.8) is 0 Å². The highest BCUT2D eigenvalue weighted by molar-refractivity contribution is 5.35. The van der Waals surface area contributed by atoms with Crippen LogP contribution in [0.2, 0.25) is 0 Å². The number of benzene rings is 2. The van der Waals surface area contributed by atoms with Crippen LogP contribution in [0.15, 0.2) is 48.5 Å². The Hall–Kier alpha value is -3.00. The highest BCUT2D eigenvalue weighted by Gasteiger charge is 2.41. The average molecular weight is 446 g/mol. The molecule has 0 aromatic heterocycles. The van der Waals surface area contributed by atoms with Crippen molar-refractivity contribution in [2.24, 2.45) is 11.5 Å². The van der Waals surface area contributed by atoms with E-state index in [0.29, 0.717) is 11.1 Å². The lowest BCUT2D eigenvalue weighted by atomic mass is 10.0. The van der Waals surface area contributed by atoms with Crippen LogP contribution in [0.3, 0.4) is 0 Å². The molecule has 0 spiro atoms. The lowest BCUT2D eigenvalue weighted by Gasteiger charge is -2.42. The van der Waals surface area contributed by atoms with Crippen molar-refractivity contribution in [1.82, 2.24) is 0 Å². The lowest BCUT2D eigenvalue weighted by Crippen LogP contribution is -2.53. The van der Waals surface area contributed by atoms with E-state index in [1.165, 1.54) is 24.3 Å².